The van der Waals surface area contributed by atoms with Gasteiger partial charge in [-0.1, -0.05) is 30.3 Å². The first-order valence-electron chi connectivity index (χ1n) is 10.5. The Hall–Kier alpha value is -4.79. The molecule has 1 heterocycles. The average molecular weight is 457 g/mol. The van der Waals surface area contributed by atoms with Crippen LogP contribution >= 0.6 is 0 Å². The minimum Gasteiger partial charge on any atom is -0.508 e. The van der Waals surface area contributed by atoms with Gasteiger partial charge in [0.2, 0.25) is 0 Å². The number of primary amides is 1. The average Bonchev–Trinajstić information content (AvgIpc) is 3.23. The highest BCUT2D eigenvalue weighted by atomic mass is 16.3. The van der Waals surface area contributed by atoms with E-state index >= 15 is 0 Å². The van der Waals surface area contributed by atoms with E-state index in [-0.39, 0.29) is 17.2 Å². The molecule has 4 rings (SSSR count). The molecule has 9 nitrogen and oxygen atoms in total. The lowest BCUT2D eigenvalue weighted by atomic mass is 10.1. The number of rotatable bonds is 8. The van der Waals surface area contributed by atoms with Gasteiger partial charge in [0.15, 0.2) is 5.82 Å². The highest BCUT2D eigenvalue weighted by molar-refractivity contribution is 6.05. The standard InChI is InChI=1S/C25H24N6O3/c1-15-4-2-3-5-20(15)25(34)29-18-10-8-17(9-11-18)28-24-21(22(26)33)23(30-31-24)27-14-16-6-12-19(32)13-7-16/h2-13,32H,14H2,1H3,(H2,26,33)(H,29,34)(H3,27,28,30,31). The maximum atomic E-state index is 12.5. The lowest BCUT2D eigenvalue weighted by Gasteiger charge is -2.10. The van der Waals surface area contributed by atoms with E-state index < -0.39 is 5.91 Å². The number of benzene rings is 3. The molecule has 0 fully saturated rings. The molecule has 0 unspecified atom stereocenters. The molecule has 0 saturated heterocycles. The van der Waals surface area contributed by atoms with E-state index in [4.69, 9.17) is 5.73 Å². The van der Waals surface area contributed by atoms with Gasteiger partial charge in [-0.15, -0.1) is 0 Å². The number of nitrogens with two attached hydrogens (primary N) is 1. The van der Waals surface area contributed by atoms with Crippen LogP contribution in [0, 0.1) is 6.92 Å². The number of hydrogen-bond donors (Lipinski definition) is 6. The molecule has 2 amide bonds. The molecule has 172 valence electrons. The number of nitrogens with zero attached hydrogens (tertiary/aromatic N) is 1. The molecule has 7 N–H and O–H groups in total. The van der Waals surface area contributed by atoms with E-state index in [2.05, 4.69) is 26.1 Å². The summed E-state index contributed by atoms with van der Waals surface area (Å²) in [4.78, 5) is 24.6. The normalized spacial score (nSPS) is 10.5. The fourth-order valence-corrected chi connectivity index (χ4v) is 3.41. The molecule has 34 heavy (non-hydrogen) atoms. The number of anilines is 4. The largest absolute Gasteiger partial charge is 0.508 e. The molecule has 3 aromatic carbocycles. The van der Waals surface area contributed by atoms with E-state index in [1.165, 1.54) is 0 Å². The summed E-state index contributed by atoms with van der Waals surface area (Å²) < 4.78 is 0. The van der Waals surface area contributed by atoms with Crippen LogP contribution in [0.1, 0.15) is 31.8 Å². The summed E-state index contributed by atoms with van der Waals surface area (Å²) in [6.07, 6.45) is 0. The van der Waals surface area contributed by atoms with Gasteiger partial charge >= 0.3 is 0 Å². The smallest absolute Gasteiger partial charge is 0.256 e. The SMILES string of the molecule is Cc1ccccc1C(=O)Nc1ccc(Nc2[nH]nc(NCc3ccc(O)cc3)c2C(N)=O)cc1. The molecule has 9 heteroatoms. The topological polar surface area (TPSA) is 145 Å². The van der Waals surface area contributed by atoms with Crippen LogP contribution in [-0.2, 0) is 6.54 Å². The third kappa shape index (κ3) is 5.16. The predicted molar refractivity (Wildman–Crippen MR) is 131 cm³/mol. The molecule has 4 aromatic rings. The van der Waals surface area contributed by atoms with Crippen molar-refractivity contribution in [2.75, 3.05) is 16.0 Å². The van der Waals surface area contributed by atoms with E-state index in [0.29, 0.717) is 35.1 Å². The number of nitrogens with one attached hydrogen (secondary N) is 4. The number of aromatic hydroxyl groups is 1. The Balaban J connectivity index is 1.44. The fourth-order valence-electron chi connectivity index (χ4n) is 3.41. The lowest BCUT2D eigenvalue weighted by molar-refractivity contribution is 0.0999. The van der Waals surface area contributed by atoms with Gasteiger partial charge < -0.3 is 26.8 Å². The maximum Gasteiger partial charge on any atom is 0.256 e. The number of aryl methyl sites for hydroxylation is 1. The number of aromatic nitrogens is 2. The summed E-state index contributed by atoms with van der Waals surface area (Å²) in [6, 6.07) is 21.1. The molecule has 0 aliphatic heterocycles. The summed E-state index contributed by atoms with van der Waals surface area (Å²) >= 11 is 0. The van der Waals surface area contributed by atoms with Crippen LogP contribution in [-0.4, -0.2) is 27.1 Å². The van der Waals surface area contributed by atoms with Crippen molar-refractivity contribution in [3.8, 4) is 5.75 Å². The highest BCUT2D eigenvalue weighted by Gasteiger charge is 2.18. The Labute approximate surface area is 196 Å². The molecule has 0 saturated carbocycles. The molecule has 0 spiro atoms. The van der Waals surface area contributed by atoms with E-state index in [9.17, 15) is 14.7 Å². The van der Waals surface area contributed by atoms with Crippen molar-refractivity contribution in [3.63, 3.8) is 0 Å². The first kappa shape index (κ1) is 22.4. The number of carbonyl (C=O) groups is 2. The monoisotopic (exact) mass is 456 g/mol. The van der Waals surface area contributed by atoms with Gasteiger partial charge in [0.25, 0.3) is 11.8 Å². The minimum atomic E-state index is -0.647. The van der Waals surface area contributed by atoms with Gasteiger partial charge in [0.1, 0.15) is 17.1 Å². The van der Waals surface area contributed by atoms with Crippen LogP contribution in [0.5, 0.6) is 5.75 Å². The summed E-state index contributed by atoms with van der Waals surface area (Å²) in [6.45, 7) is 2.27. The van der Waals surface area contributed by atoms with Crippen LogP contribution in [0.2, 0.25) is 0 Å². The second-order valence-corrected chi connectivity index (χ2v) is 7.68. The zero-order chi connectivity index (χ0) is 24.1. The third-order valence-corrected chi connectivity index (χ3v) is 5.21. The molecule has 0 atom stereocenters. The molecule has 1 aromatic heterocycles. The second kappa shape index (κ2) is 9.78. The number of phenolic OH excluding ortho intramolecular Hbond substituents is 1. The number of amides is 2. The number of carbonyl (C=O) groups excluding carboxylic acids is 2. The first-order chi connectivity index (χ1) is 16.4. The minimum absolute atomic E-state index is 0.175. The second-order valence-electron chi connectivity index (χ2n) is 7.68. The fraction of sp³-hybridized carbons (Fsp3) is 0.0800. The first-order valence-corrected chi connectivity index (χ1v) is 10.5. The quantitative estimate of drug-likeness (QED) is 0.235. The molecule has 0 aliphatic carbocycles. The predicted octanol–water partition coefficient (Wildman–Crippen LogP) is 4.13. The van der Waals surface area contributed by atoms with Crippen LogP contribution in [0.4, 0.5) is 23.0 Å². The van der Waals surface area contributed by atoms with Crippen molar-refractivity contribution >= 4 is 34.8 Å². The van der Waals surface area contributed by atoms with E-state index in [0.717, 1.165) is 11.1 Å². The molecular weight excluding hydrogens is 432 g/mol. The van der Waals surface area contributed by atoms with Gasteiger partial charge in [0, 0.05) is 23.5 Å². The van der Waals surface area contributed by atoms with Gasteiger partial charge in [-0.2, -0.15) is 5.10 Å². The van der Waals surface area contributed by atoms with Crippen LogP contribution in [0.15, 0.2) is 72.8 Å². The number of H-pyrrole nitrogens is 1. The number of aromatic amines is 1. The van der Waals surface area contributed by atoms with E-state index in [1.807, 2.05) is 25.1 Å². The van der Waals surface area contributed by atoms with Crippen molar-refractivity contribution in [3.05, 3.63) is 95.1 Å². The highest BCUT2D eigenvalue weighted by Crippen LogP contribution is 2.26. The zero-order valence-electron chi connectivity index (χ0n) is 18.4. The van der Waals surface area contributed by atoms with Gasteiger partial charge in [-0.3, -0.25) is 14.7 Å². The van der Waals surface area contributed by atoms with Crippen LogP contribution in [0.25, 0.3) is 0 Å². The summed E-state index contributed by atoms with van der Waals surface area (Å²) in [5.74, 6) is -0.00417. The van der Waals surface area contributed by atoms with Crippen molar-refractivity contribution in [1.29, 1.82) is 0 Å². The zero-order valence-corrected chi connectivity index (χ0v) is 18.4. The maximum absolute atomic E-state index is 12.5. The van der Waals surface area contributed by atoms with E-state index in [1.54, 1.807) is 54.6 Å². The summed E-state index contributed by atoms with van der Waals surface area (Å²) in [7, 11) is 0. The summed E-state index contributed by atoms with van der Waals surface area (Å²) in [5.41, 5.74) is 9.49. The number of hydrogen-bond acceptors (Lipinski definition) is 6. The Morgan fingerprint density at radius 1 is 0.971 bits per heavy atom. The number of phenols is 1. The molecule has 0 aliphatic rings. The van der Waals surface area contributed by atoms with Gasteiger partial charge in [-0.25, -0.2) is 0 Å². The van der Waals surface area contributed by atoms with Crippen molar-refractivity contribution in [2.24, 2.45) is 5.73 Å². The van der Waals surface area contributed by atoms with Crippen molar-refractivity contribution < 1.29 is 14.7 Å². The Morgan fingerprint density at radius 2 is 1.65 bits per heavy atom. The lowest BCUT2D eigenvalue weighted by Crippen LogP contribution is -2.15. The van der Waals surface area contributed by atoms with Crippen molar-refractivity contribution in [2.45, 2.75) is 13.5 Å². The molecular formula is C25H24N6O3. The van der Waals surface area contributed by atoms with Gasteiger partial charge in [0.05, 0.1) is 0 Å². The van der Waals surface area contributed by atoms with Crippen LogP contribution in [0.3, 0.4) is 0 Å². The summed E-state index contributed by atoms with van der Waals surface area (Å²) in [5, 5.41) is 25.4. The Kier molecular flexibility index (Phi) is 6.45. The Bertz CT molecular complexity index is 1310. The Morgan fingerprint density at radius 3 is 2.32 bits per heavy atom. The van der Waals surface area contributed by atoms with Crippen LogP contribution < -0.4 is 21.7 Å². The molecule has 0 radical (unpaired) electrons. The van der Waals surface area contributed by atoms with Crippen molar-refractivity contribution in [1.82, 2.24) is 10.2 Å². The van der Waals surface area contributed by atoms with Gasteiger partial charge in [-0.05, 0) is 60.5 Å². The third-order valence-electron chi connectivity index (χ3n) is 5.21. The molecule has 0 bridgehead atoms.